The fourth-order valence-electron chi connectivity index (χ4n) is 3.28. The van der Waals surface area contributed by atoms with Gasteiger partial charge in [-0.1, -0.05) is 44.4 Å². The number of carbonyl (C=O) groups excluding carboxylic acids is 1. The van der Waals surface area contributed by atoms with Gasteiger partial charge in [-0.2, -0.15) is 0 Å². The van der Waals surface area contributed by atoms with Crippen molar-refractivity contribution in [3.8, 4) is 0 Å². The second kappa shape index (κ2) is 11.7. The standard InChI is InChI=1S/C19H31N3O3S2/c1-3-4-5-6-7-14(2)20-12-15-8-9-17(23)22(15)10-11-26-19-21-16(13-27-19)18(24)25/h13-15,20H,3-12H2,1-2H3,(H,24,25)/t14?,15-/m1/s1. The summed E-state index contributed by atoms with van der Waals surface area (Å²) in [6.45, 7) is 5.99. The highest BCUT2D eigenvalue weighted by Crippen LogP contribution is 2.25. The lowest BCUT2D eigenvalue weighted by atomic mass is 10.1. The summed E-state index contributed by atoms with van der Waals surface area (Å²) in [6, 6.07) is 0.751. The average molecular weight is 414 g/mol. The number of aromatic nitrogens is 1. The van der Waals surface area contributed by atoms with Crippen molar-refractivity contribution in [2.45, 2.75) is 75.2 Å². The smallest absolute Gasteiger partial charge is 0.355 e. The van der Waals surface area contributed by atoms with Crippen LogP contribution in [0.15, 0.2) is 9.72 Å². The monoisotopic (exact) mass is 413 g/mol. The lowest BCUT2D eigenvalue weighted by molar-refractivity contribution is -0.128. The Bertz CT molecular complexity index is 609. The molecule has 1 fully saturated rings. The minimum absolute atomic E-state index is 0.0924. The predicted molar refractivity (Wildman–Crippen MR) is 111 cm³/mol. The van der Waals surface area contributed by atoms with E-state index in [1.165, 1.54) is 55.2 Å². The molecule has 1 aliphatic heterocycles. The number of nitrogens with zero attached hydrogens (tertiary/aromatic N) is 2. The molecule has 27 heavy (non-hydrogen) atoms. The van der Waals surface area contributed by atoms with E-state index in [4.69, 9.17) is 5.11 Å². The third kappa shape index (κ3) is 7.43. The maximum atomic E-state index is 12.2. The molecule has 1 aliphatic rings. The van der Waals surface area contributed by atoms with Gasteiger partial charge in [0.2, 0.25) is 5.91 Å². The summed E-state index contributed by atoms with van der Waals surface area (Å²) in [7, 11) is 0. The number of thioether (sulfide) groups is 1. The number of nitrogens with one attached hydrogen (secondary N) is 1. The summed E-state index contributed by atoms with van der Waals surface area (Å²) >= 11 is 2.86. The lowest BCUT2D eigenvalue weighted by Crippen LogP contribution is -2.43. The van der Waals surface area contributed by atoms with Crippen molar-refractivity contribution in [2.75, 3.05) is 18.8 Å². The maximum Gasteiger partial charge on any atom is 0.355 e. The summed E-state index contributed by atoms with van der Waals surface area (Å²) in [5.41, 5.74) is 0.0924. The van der Waals surface area contributed by atoms with E-state index in [1.807, 2.05) is 4.90 Å². The molecule has 0 saturated carbocycles. The summed E-state index contributed by atoms with van der Waals surface area (Å²) in [5, 5.41) is 14.1. The molecule has 1 saturated heterocycles. The van der Waals surface area contributed by atoms with E-state index in [9.17, 15) is 9.59 Å². The summed E-state index contributed by atoms with van der Waals surface area (Å²) in [4.78, 5) is 29.2. The number of aromatic carboxylic acids is 1. The first-order valence-corrected chi connectivity index (χ1v) is 11.7. The van der Waals surface area contributed by atoms with Gasteiger partial charge in [0.05, 0.1) is 0 Å². The Morgan fingerprint density at radius 2 is 2.30 bits per heavy atom. The average Bonchev–Trinajstić information content (AvgIpc) is 3.25. The van der Waals surface area contributed by atoms with Crippen LogP contribution in [-0.2, 0) is 4.79 Å². The van der Waals surface area contributed by atoms with Gasteiger partial charge in [0.1, 0.15) is 0 Å². The molecule has 0 aromatic carbocycles. The molecule has 1 amide bonds. The first-order chi connectivity index (χ1) is 13.0. The minimum atomic E-state index is -0.997. The quantitative estimate of drug-likeness (QED) is 0.377. The van der Waals surface area contributed by atoms with Crippen molar-refractivity contribution in [1.29, 1.82) is 0 Å². The molecule has 0 bridgehead atoms. The van der Waals surface area contributed by atoms with E-state index < -0.39 is 5.97 Å². The highest BCUT2D eigenvalue weighted by Gasteiger charge is 2.30. The Balaban J connectivity index is 1.70. The van der Waals surface area contributed by atoms with Crippen LogP contribution < -0.4 is 5.32 Å². The maximum absolute atomic E-state index is 12.2. The molecule has 152 valence electrons. The number of hydrogen-bond donors (Lipinski definition) is 2. The number of rotatable bonds is 13. The van der Waals surface area contributed by atoms with Crippen molar-refractivity contribution < 1.29 is 14.7 Å². The number of likely N-dealkylation sites (tertiary alicyclic amines) is 1. The fourth-order valence-corrected chi connectivity index (χ4v) is 5.09. The predicted octanol–water partition coefficient (Wildman–Crippen LogP) is 3.87. The Hall–Kier alpha value is -1.12. The molecule has 1 aromatic heterocycles. The molecule has 0 spiro atoms. The van der Waals surface area contributed by atoms with Crippen LogP contribution in [0, 0.1) is 0 Å². The van der Waals surface area contributed by atoms with Crippen LogP contribution in [0.25, 0.3) is 0 Å². The van der Waals surface area contributed by atoms with E-state index in [-0.39, 0.29) is 17.6 Å². The molecule has 2 atom stereocenters. The summed E-state index contributed by atoms with van der Waals surface area (Å²) < 4.78 is 0.745. The van der Waals surface area contributed by atoms with E-state index >= 15 is 0 Å². The second-order valence-electron chi connectivity index (χ2n) is 7.09. The number of amides is 1. The van der Waals surface area contributed by atoms with Crippen LogP contribution in [0.4, 0.5) is 0 Å². The molecule has 2 N–H and O–H groups in total. The zero-order chi connectivity index (χ0) is 19.6. The SMILES string of the molecule is CCCCCCC(C)NC[C@H]1CCC(=O)N1CCSc1nc(C(=O)O)cs1. The molecular weight excluding hydrogens is 382 g/mol. The highest BCUT2D eigenvalue weighted by molar-refractivity contribution is 8.01. The van der Waals surface area contributed by atoms with E-state index in [0.29, 0.717) is 19.0 Å². The molecular formula is C19H31N3O3S2. The molecule has 0 aliphatic carbocycles. The Morgan fingerprint density at radius 1 is 1.48 bits per heavy atom. The fraction of sp³-hybridized carbons (Fsp3) is 0.737. The number of carboxylic acid groups (broad SMARTS) is 1. The first-order valence-electron chi connectivity index (χ1n) is 9.85. The number of carbonyl (C=O) groups is 2. The van der Waals surface area contributed by atoms with Gasteiger partial charge in [-0.25, -0.2) is 9.78 Å². The number of carboxylic acids is 1. The molecule has 8 heteroatoms. The van der Waals surface area contributed by atoms with Gasteiger partial charge >= 0.3 is 5.97 Å². The lowest BCUT2D eigenvalue weighted by Gasteiger charge is -2.26. The summed E-state index contributed by atoms with van der Waals surface area (Å²) in [5.74, 6) is -0.0346. The Kier molecular flexibility index (Phi) is 9.58. The van der Waals surface area contributed by atoms with E-state index in [1.54, 1.807) is 5.38 Å². The van der Waals surface area contributed by atoms with Crippen LogP contribution in [-0.4, -0.2) is 57.8 Å². The van der Waals surface area contributed by atoms with Gasteiger partial charge in [-0.05, 0) is 19.8 Å². The number of thiazole rings is 1. The van der Waals surface area contributed by atoms with Gasteiger partial charge in [0.15, 0.2) is 10.0 Å². The third-order valence-corrected chi connectivity index (χ3v) is 6.91. The van der Waals surface area contributed by atoms with Crippen LogP contribution in [0.1, 0.15) is 69.3 Å². The first kappa shape index (κ1) is 22.2. The molecule has 6 nitrogen and oxygen atoms in total. The molecule has 1 aromatic rings. The minimum Gasteiger partial charge on any atom is -0.476 e. The van der Waals surface area contributed by atoms with Crippen LogP contribution in [0.5, 0.6) is 0 Å². The third-order valence-electron chi connectivity index (χ3n) is 4.91. The van der Waals surface area contributed by atoms with Gasteiger partial charge in [-0.15, -0.1) is 11.3 Å². The van der Waals surface area contributed by atoms with Crippen molar-refractivity contribution in [3.05, 3.63) is 11.1 Å². The van der Waals surface area contributed by atoms with Crippen LogP contribution in [0.2, 0.25) is 0 Å². The molecule has 2 heterocycles. The molecule has 2 rings (SSSR count). The van der Waals surface area contributed by atoms with E-state index in [0.717, 1.165) is 23.1 Å². The van der Waals surface area contributed by atoms with Gasteiger partial charge < -0.3 is 15.3 Å². The van der Waals surface area contributed by atoms with Crippen molar-refractivity contribution >= 4 is 35.0 Å². The largest absolute Gasteiger partial charge is 0.476 e. The van der Waals surface area contributed by atoms with Gasteiger partial charge in [0, 0.05) is 42.7 Å². The zero-order valence-corrected chi connectivity index (χ0v) is 17.9. The van der Waals surface area contributed by atoms with Crippen LogP contribution in [0.3, 0.4) is 0 Å². The Morgan fingerprint density at radius 3 is 3.00 bits per heavy atom. The number of hydrogen-bond acceptors (Lipinski definition) is 6. The van der Waals surface area contributed by atoms with Crippen LogP contribution >= 0.6 is 23.1 Å². The summed E-state index contributed by atoms with van der Waals surface area (Å²) in [6.07, 6.45) is 7.86. The highest BCUT2D eigenvalue weighted by atomic mass is 32.2. The zero-order valence-electron chi connectivity index (χ0n) is 16.3. The van der Waals surface area contributed by atoms with E-state index in [2.05, 4.69) is 24.1 Å². The molecule has 1 unspecified atom stereocenters. The van der Waals surface area contributed by atoms with Crippen molar-refractivity contribution in [2.24, 2.45) is 0 Å². The Labute approximate surface area is 170 Å². The molecule has 0 radical (unpaired) electrons. The number of unbranched alkanes of at least 4 members (excludes halogenated alkanes) is 3. The van der Waals surface area contributed by atoms with Gasteiger partial charge in [0.25, 0.3) is 0 Å². The topological polar surface area (TPSA) is 82.5 Å². The second-order valence-corrected chi connectivity index (χ2v) is 9.29. The van der Waals surface area contributed by atoms with Crippen molar-refractivity contribution in [3.63, 3.8) is 0 Å². The normalized spacial score (nSPS) is 18.2. The van der Waals surface area contributed by atoms with Crippen molar-refractivity contribution in [1.82, 2.24) is 15.2 Å². The van der Waals surface area contributed by atoms with Gasteiger partial charge in [-0.3, -0.25) is 4.79 Å².